The number of aryl methyl sites for hydroxylation is 2. The number of hydrogen-bond donors (Lipinski definition) is 3. The first kappa shape index (κ1) is 18.0. The average Bonchev–Trinajstić information content (AvgIpc) is 2.52. The number of rotatable bonds is 6. The lowest BCUT2D eigenvalue weighted by molar-refractivity contribution is 0.0951. The standard InChI is InChI=1S/C17H20N2O4S/c1-12-3-6-14(7-4-12)24(22,23)19-10-9-18-17(21)15-8-5-13(2)11-16(15)20/h3-8,11,19-20H,9-10H2,1-2H3,(H,18,21). The van der Waals surface area contributed by atoms with Crippen molar-refractivity contribution in [3.8, 4) is 5.75 Å². The molecule has 0 saturated heterocycles. The summed E-state index contributed by atoms with van der Waals surface area (Å²) >= 11 is 0. The highest BCUT2D eigenvalue weighted by molar-refractivity contribution is 7.89. The van der Waals surface area contributed by atoms with Gasteiger partial charge in [0, 0.05) is 13.1 Å². The minimum absolute atomic E-state index is 0.0502. The molecule has 0 unspecified atom stereocenters. The third-order valence-electron chi connectivity index (χ3n) is 3.43. The summed E-state index contributed by atoms with van der Waals surface area (Å²) in [6, 6.07) is 11.2. The Kier molecular flexibility index (Phi) is 5.58. The largest absolute Gasteiger partial charge is 0.507 e. The van der Waals surface area contributed by atoms with Gasteiger partial charge in [0.1, 0.15) is 5.75 Å². The van der Waals surface area contributed by atoms with Gasteiger partial charge in [-0.2, -0.15) is 0 Å². The van der Waals surface area contributed by atoms with Crippen LogP contribution in [0.1, 0.15) is 21.5 Å². The molecule has 0 bridgehead atoms. The van der Waals surface area contributed by atoms with Crippen LogP contribution in [-0.4, -0.2) is 32.5 Å². The van der Waals surface area contributed by atoms with E-state index in [-0.39, 0.29) is 29.3 Å². The Morgan fingerprint density at radius 1 is 1.00 bits per heavy atom. The third-order valence-corrected chi connectivity index (χ3v) is 4.91. The van der Waals surface area contributed by atoms with Gasteiger partial charge in [-0.05, 0) is 43.7 Å². The molecule has 0 saturated carbocycles. The molecule has 0 heterocycles. The van der Waals surface area contributed by atoms with E-state index < -0.39 is 15.9 Å². The van der Waals surface area contributed by atoms with Crippen LogP contribution in [0.25, 0.3) is 0 Å². The minimum atomic E-state index is -3.60. The molecule has 0 aliphatic rings. The summed E-state index contributed by atoms with van der Waals surface area (Å²) in [6.07, 6.45) is 0. The highest BCUT2D eigenvalue weighted by atomic mass is 32.2. The fourth-order valence-electron chi connectivity index (χ4n) is 2.09. The second kappa shape index (κ2) is 7.46. The van der Waals surface area contributed by atoms with Gasteiger partial charge in [0.25, 0.3) is 5.91 Å². The molecule has 128 valence electrons. The van der Waals surface area contributed by atoms with E-state index in [1.165, 1.54) is 24.3 Å². The number of hydrogen-bond acceptors (Lipinski definition) is 4. The van der Waals surface area contributed by atoms with Crippen molar-refractivity contribution in [3.05, 3.63) is 59.2 Å². The lowest BCUT2D eigenvalue weighted by atomic mass is 10.1. The van der Waals surface area contributed by atoms with Crippen molar-refractivity contribution in [3.63, 3.8) is 0 Å². The fraction of sp³-hybridized carbons (Fsp3) is 0.235. The van der Waals surface area contributed by atoms with Gasteiger partial charge in [0.2, 0.25) is 10.0 Å². The number of phenols is 1. The monoisotopic (exact) mass is 348 g/mol. The van der Waals surface area contributed by atoms with Gasteiger partial charge in [-0.15, -0.1) is 0 Å². The van der Waals surface area contributed by atoms with E-state index in [0.717, 1.165) is 11.1 Å². The van der Waals surface area contributed by atoms with Crippen LogP contribution in [0.5, 0.6) is 5.75 Å². The molecule has 0 aliphatic heterocycles. The number of nitrogens with one attached hydrogen (secondary N) is 2. The molecule has 1 amide bonds. The fourth-order valence-corrected chi connectivity index (χ4v) is 3.12. The molecule has 2 aromatic carbocycles. The van der Waals surface area contributed by atoms with E-state index in [2.05, 4.69) is 10.0 Å². The summed E-state index contributed by atoms with van der Waals surface area (Å²) in [6.45, 7) is 3.84. The summed E-state index contributed by atoms with van der Waals surface area (Å²) in [5.74, 6) is -0.560. The van der Waals surface area contributed by atoms with Crippen LogP contribution >= 0.6 is 0 Å². The van der Waals surface area contributed by atoms with E-state index in [1.807, 2.05) is 6.92 Å². The molecule has 0 fully saturated rings. The summed E-state index contributed by atoms with van der Waals surface area (Å²) in [4.78, 5) is 12.1. The first-order valence-electron chi connectivity index (χ1n) is 7.44. The Hall–Kier alpha value is -2.38. The molecule has 24 heavy (non-hydrogen) atoms. The number of carbonyl (C=O) groups is 1. The molecule has 0 aliphatic carbocycles. The molecule has 2 rings (SSSR count). The van der Waals surface area contributed by atoms with Gasteiger partial charge in [0.15, 0.2) is 0 Å². The van der Waals surface area contributed by atoms with Gasteiger partial charge >= 0.3 is 0 Å². The van der Waals surface area contributed by atoms with Crippen molar-refractivity contribution in [2.24, 2.45) is 0 Å². The zero-order valence-corrected chi connectivity index (χ0v) is 14.4. The number of benzene rings is 2. The van der Waals surface area contributed by atoms with Crippen molar-refractivity contribution in [1.82, 2.24) is 10.0 Å². The van der Waals surface area contributed by atoms with E-state index in [1.54, 1.807) is 25.1 Å². The maximum Gasteiger partial charge on any atom is 0.255 e. The van der Waals surface area contributed by atoms with E-state index in [4.69, 9.17) is 0 Å². The Morgan fingerprint density at radius 2 is 1.62 bits per heavy atom. The van der Waals surface area contributed by atoms with E-state index in [9.17, 15) is 18.3 Å². The van der Waals surface area contributed by atoms with Crippen molar-refractivity contribution in [1.29, 1.82) is 0 Å². The van der Waals surface area contributed by atoms with Gasteiger partial charge in [-0.25, -0.2) is 13.1 Å². The summed E-state index contributed by atoms with van der Waals surface area (Å²) in [5.41, 5.74) is 1.97. The lowest BCUT2D eigenvalue weighted by Crippen LogP contribution is -2.34. The average molecular weight is 348 g/mol. The Labute approximate surface area is 141 Å². The van der Waals surface area contributed by atoms with Gasteiger partial charge in [-0.3, -0.25) is 4.79 Å². The maximum atomic E-state index is 12.1. The molecule has 0 aromatic heterocycles. The number of aromatic hydroxyl groups is 1. The Balaban J connectivity index is 1.88. The Morgan fingerprint density at radius 3 is 2.25 bits per heavy atom. The smallest absolute Gasteiger partial charge is 0.255 e. The molecular formula is C17H20N2O4S. The predicted octanol–water partition coefficient (Wildman–Crippen LogP) is 1.72. The lowest BCUT2D eigenvalue weighted by Gasteiger charge is -2.09. The van der Waals surface area contributed by atoms with Crippen molar-refractivity contribution in [2.75, 3.05) is 13.1 Å². The number of sulfonamides is 1. The minimum Gasteiger partial charge on any atom is -0.507 e. The van der Waals surface area contributed by atoms with Crippen LogP contribution in [0, 0.1) is 13.8 Å². The molecule has 0 atom stereocenters. The number of amides is 1. The van der Waals surface area contributed by atoms with Crippen LogP contribution in [0.3, 0.4) is 0 Å². The molecule has 6 nitrogen and oxygen atoms in total. The number of carbonyl (C=O) groups excluding carboxylic acids is 1. The molecule has 2 aromatic rings. The second-order valence-corrected chi connectivity index (χ2v) is 7.25. The molecule has 0 radical (unpaired) electrons. The zero-order chi connectivity index (χ0) is 17.7. The molecule has 7 heteroatoms. The normalized spacial score (nSPS) is 11.2. The first-order valence-corrected chi connectivity index (χ1v) is 8.92. The highest BCUT2D eigenvalue weighted by Crippen LogP contribution is 2.18. The predicted molar refractivity (Wildman–Crippen MR) is 91.5 cm³/mol. The SMILES string of the molecule is Cc1ccc(S(=O)(=O)NCCNC(=O)c2ccc(C)cc2O)cc1. The Bertz CT molecular complexity index is 830. The zero-order valence-electron chi connectivity index (χ0n) is 13.5. The number of phenolic OH excluding ortho intramolecular Hbond substituents is 1. The topological polar surface area (TPSA) is 95.5 Å². The quantitative estimate of drug-likeness (QED) is 0.693. The first-order chi connectivity index (χ1) is 11.3. The summed E-state index contributed by atoms with van der Waals surface area (Å²) in [7, 11) is -3.60. The second-order valence-electron chi connectivity index (χ2n) is 5.49. The van der Waals surface area contributed by atoms with E-state index in [0.29, 0.717) is 0 Å². The van der Waals surface area contributed by atoms with Gasteiger partial charge < -0.3 is 10.4 Å². The van der Waals surface area contributed by atoms with Crippen LogP contribution in [0.4, 0.5) is 0 Å². The highest BCUT2D eigenvalue weighted by Gasteiger charge is 2.14. The van der Waals surface area contributed by atoms with Crippen LogP contribution in [0.2, 0.25) is 0 Å². The van der Waals surface area contributed by atoms with Crippen molar-refractivity contribution >= 4 is 15.9 Å². The van der Waals surface area contributed by atoms with Gasteiger partial charge in [0.05, 0.1) is 10.5 Å². The van der Waals surface area contributed by atoms with E-state index >= 15 is 0 Å². The molecular weight excluding hydrogens is 328 g/mol. The molecule has 0 spiro atoms. The maximum absolute atomic E-state index is 12.1. The molecule has 3 N–H and O–H groups in total. The van der Waals surface area contributed by atoms with Crippen LogP contribution in [-0.2, 0) is 10.0 Å². The summed E-state index contributed by atoms with van der Waals surface area (Å²) in [5, 5.41) is 12.3. The van der Waals surface area contributed by atoms with Crippen LogP contribution in [0.15, 0.2) is 47.4 Å². The van der Waals surface area contributed by atoms with Crippen LogP contribution < -0.4 is 10.0 Å². The van der Waals surface area contributed by atoms with Gasteiger partial charge in [-0.1, -0.05) is 23.8 Å². The van der Waals surface area contributed by atoms with Crippen molar-refractivity contribution in [2.45, 2.75) is 18.7 Å². The third kappa shape index (κ3) is 4.56. The summed E-state index contributed by atoms with van der Waals surface area (Å²) < 4.78 is 26.6. The van der Waals surface area contributed by atoms with Crippen molar-refractivity contribution < 1.29 is 18.3 Å².